The zero-order chi connectivity index (χ0) is 15.8. The summed E-state index contributed by atoms with van der Waals surface area (Å²) < 4.78 is 31.1. The largest absolute Gasteiger partial charge is 0.335 e. The van der Waals surface area contributed by atoms with E-state index in [9.17, 15) is 18.5 Å². The SMILES string of the molecule is Cc1noc(NS(=O)(=O)c2cc([N+](=O)[O-])c(Cl)cc2C)n1. The monoisotopic (exact) mass is 332 g/mol. The Bertz CT molecular complexity index is 817. The molecular weight excluding hydrogens is 324 g/mol. The number of nitro groups is 1. The molecule has 1 N–H and O–H groups in total. The van der Waals surface area contributed by atoms with Gasteiger partial charge in [-0.1, -0.05) is 16.8 Å². The van der Waals surface area contributed by atoms with Gasteiger partial charge in [0.05, 0.1) is 9.82 Å². The minimum atomic E-state index is -4.11. The molecule has 21 heavy (non-hydrogen) atoms. The van der Waals surface area contributed by atoms with Gasteiger partial charge in [0.2, 0.25) is 0 Å². The Labute approximate surface area is 124 Å². The molecule has 0 amide bonds. The normalized spacial score (nSPS) is 11.4. The van der Waals surface area contributed by atoms with Gasteiger partial charge in [0.15, 0.2) is 5.82 Å². The van der Waals surface area contributed by atoms with Crippen molar-refractivity contribution >= 4 is 33.3 Å². The molecule has 1 aromatic carbocycles. The van der Waals surface area contributed by atoms with Crippen molar-refractivity contribution in [3.8, 4) is 0 Å². The van der Waals surface area contributed by atoms with Gasteiger partial charge in [-0.15, -0.1) is 0 Å². The number of hydrogen-bond acceptors (Lipinski definition) is 7. The number of anilines is 1. The smallest absolute Gasteiger partial charge is 0.314 e. The molecule has 0 aliphatic rings. The van der Waals surface area contributed by atoms with Crippen LogP contribution in [0.3, 0.4) is 0 Å². The van der Waals surface area contributed by atoms with Gasteiger partial charge in [-0.05, 0) is 25.5 Å². The first-order chi connectivity index (χ1) is 9.70. The van der Waals surface area contributed by atoms with Crippen molar-refractivity contribution in [2.24, 2.45) is 0 Å². The highest BCUT2D eigenvalue weighted by molar-refractivity contribution is 7.92. The zero-order valence-corrected chi connectivity index (χ0v) is 12.4. The minimum absolute atomic E-state index is 0.148. The molecule has 0 bridgehead atoms. The van der Waals surface area contributed by atoms with Crippen molar-refractivity contribution in [1.82, 2.24) is 10.1 Å². The molecule has 0 aliphatic heterocycles. The Morgan fingerprint density at radius 3 is 2.57 bits per heavy atom. The predicted molar refractivity (Wildman–Crippen MR) is 72.7 cm³/mol. The van der Waals surface area contributed by atoms with Crippen LogP contribution < -0.4 is 4.72 Å². The van der Waals surface area contributed by atoms with Gasteiger partial charge in [0, 0.05) is 6.07 Å². The number of benzene rings is 1. The van der Waals surface area contributed by atoms with Crippen LogP contribution >= 0.6 is 11.6 Å². The molecule has 0 atom stereocenters. The van der Waals surface area contributed by atoms with E-state index in [-0.39, 0.29) is 27.3 Å². The lowest BCUT2D eigenvalue weighted by Gasteiger charge is -2.08. The Hall–Kier alpha value is -2.20. The van der Waals surface area contributed by atoms with Gasteiger partial charge >= 0.3 is 6.01 Å². The lowest BCUT2D eigenvalue weighted by Crippen LogP contribution is -2.15. The number of aryl methyl sites for hydroxylation is 2. The number of nitrogens with one attached hydrogen (secondary N) is 1. The van der Waals surface area contributed by atoms with Crippen molar-refractivity contribution in [1.29, 1.82) is 0 Å². The van der Waals surface area contributed by atoms with Crippen molar-refractivity contribution < 1.29 is 17.9 Å². The first-order valence-corrected chi connectivity index (χ1v) is 7.34. The number of rotatable bonds is 4. The van der Waals surface area contributed by atoms with E-state index < -0.39 is 20.6 Å². The molecule has 2 rings (SSSR count). The van der Waals surface area contributed by atoms with E-state index in [1.54, 1.807) is 0 Å². The van der Waals surface area contributed by atoms with Crippen molar-refractivity contribution in [3.05, 3.63) is 38.7 Å². The van der Waals surface area contributed by atoms with E-state index in [1.165, 1.54) is 19.9 Å². The van der Waals surface area contributed by atoms with E-state index in [0.717, 1.165) is 6.07 Å². The molecule has 0 saturated heterocycles. The molecule has 9 nitrogen and oxygen atoms in total. The first kappa shape index (κ1) is 15.2. The Morgan fingerprint density at radius 1 is 1.38 bits per heavy atom. The molecule has 0 radical (unpaired) electrons. The third-order valence-electron chi connectivity index (χ3n) is 2.48. The van der Waals surface area contributed by atoms with E-state index in [2.05, 4.69) is 14.7 Å². The topological polar surface area (TPSA) is 128 Å². The molecule has 0 aliphatic carbocycles. The van der Waals surface area contributed by atoms with Gasteiger partial charge < -0.3 is 4.52 Å². The fraction of sp³-hybridized carbons (Fsp3) is 0.200. The van der Waals surface area contributed by atoms with Crippen LogP contribution in [0, 0.1) is 24.0 Å². The summed E-state index contributed by atoms with van der Waals surface area (Å²) in [5.41, 5.74) is -0.265. The maximum Gasteiger partial charge on any atom is 0.335 e. The second-order valence-electron chi connectivity index (χ2n) is 4.08. The van der Waals surface area contributed by atoms with Gasteiger partial charge in [0.1, 0.15) is 5.02 Å². The highest BCUT2D eigenvalue weighted by Crippen LogP contribution is 2.30. The van der Waals surface area contributed by atoms with E-state index >= 15 is 0 Å². The maximum atomic E-state index is 12.2. The van der Waals surface area contributed by atoms with E-state index in [4.69, 9.17) is 11.6 Å². The van der Waals surface area contributed by atoms with Gasteiger partial charge in [-0.25, -0.2) is 13.1 Å². The molecule has 1 heterocycles. The number of halogens is 1. The average molecular weight is 333 g/mol. The van der Waals surface area contributed by atoms with E-state index in [1.807, 2.05) is 4.72 Å². The molecule has 0 unspecified atom stereocenters. The molecule has 0 saturated carbocycles. The summed E-state index contributed by atoms with van der Waals surface area (Å²) in [5.74, 6) is 0.242. The van der Waals surface area contributed by atoms with Crippen LogP contribution in [0.2, 0.25) is 5.02 Å². The summed E-state index contributed by atoms with van der Waals surface area (Å²) in [4.78, 5) is 13.5. The lowest BCUT2D eigenvalue weighted by atomic mass is 10.2. The molecule has 0 spiro atoms. The molecule has 112 valence electrons. The summed E-state index contributed by atoms with van der Waals surface area (Å²) in [6.45, 7) is 2.98. The summed E-state index contributed by atoms with van der Waals surface area (Å²) in [5, 5.41) is 14.1. The highest BCUT2D eigenvalue weighted by atomic mass is 35.5. The molecule has 11 heteroatoms. The summed E-state index contributed by atoms with van der Waals surface area (Å²) in [7, 11) is -4.11. The average Bonchev–Trinajstić information content (AvgIpc) is 2.72. The number of hydrogen-bond donors (Lipinski definition) is 1. The Kier molecular flexibility index (Phi) is 3.83. The Balaban J connectivity index is 2.49. The van der Waals surface area contributed by atoms with Crippen LogP contribution in [0.1, 0.15) is 11.4 Å². The highest BCUT2D eigenvalue weighted by Gasteiger charge is 2.25. The first-order valence-electron chi connectivity index (χ1n) is 5.48. The summed E-state index contributed by atoms with van der Waals surface area (Å²) in [6, 6.07) is 1.75. The molecule has 1 aromatic heterocycles. The third kappa shape index (κ3) is 3.11. The third-order valence-corrected chi connectivity index (χ3v) is 4.24. The summed E-state index contributed by atoms with van der Waals surface area (Å²) >= 11 is 5.71. The van der Waals surface area contributed by atoms with Crippen molar-refractivity contribution in [2.45, 2.75) is 18.7 Å². The molecule has 2 aromatic rings. The molecule has 0 fully saturated rings. The second-order valence-corrected chi connectivity index (χ2v) is 6.14. The van der Waals surface area contributed by atoms with Gasteiger partial charge in [0.25, 0.3) is 15.7 Å². The predicted octanol–water partition coefficient (Wildman–Crippen LogP) is 2.05. The van der Waals surface area contributed by atoms with Gasteiger partial charge in [-0.3, -0.25) is 10.1 Å². The van der Waals surface area contributed by atoms with Crippen LogP contribution in [0.5, 0.6) is 0 Å². The second kappa shape index (κ2) is 5.30. The fourth-order valence-electron chi connectivity index (χ4n) is 1.58. The van der Waals surface area contributed by atoms with Crippen LogP contribution in [0.4, 0.5) is 11.7 Å². The number of nitrogens with zero attached hydrogens (tertiary/aromatic N) is 3. The summed E-state index contributed by atoms with van der Waals surface area (Å²) in [6.07, 6.45) is 0. The number of sulfonamides is 1. The van der Waals surface area contributed by atoms with E-state index in [0.29, 0.717) is 0 Å². The van der Waals surface area contributed by atoms with Crippen molar-refractivity contribution in [3.63, 3.8) is 0 Å². The van der Waals surface area contributed by atoms with Crippen LogP contribution in [-0.4, -0.2) is 23.5 Å². The standard InChI is InChI=1S/C10H9ClN4O5S/c1-5-3-7(11)8(15(16)17)4-9(5)21(18,19)14-10-12-6(2)13-20-10/h3-4H,1-2H3,(H,12,13,14). The minimum Gasteiger partial charge on any atom is -0.314 e. The van der Waals surface area contributed by atoms with Crippen molar-refractivity contribution in [2.75, 3.05) is 4.72 Å². The molecular formula is C10H9ClN4O5S. The van der Waals surface area contributed by atoms with Crippen LogP contribution in [-0.2, 0) is 10.0 Å². The van der Waals surface area contributed by atoms with Gasteiger partial charge in [-0.2, -0.15) is 4.98 Å². The quantitative estimate of drug-likeness (QED) is 0.670. The van der Waals surface area contributed by atoms with Crippen LogP contribution in [0.25, 0.3) is 0 Å². The van der Waals surface area contributed by atoms with Crippen LogP contribution in [0.15, 0.2) is 21.6 Å². The lowest BCUT2D eigenvalue weighted by molar-refractivity contribution is -0.384. The fourth-order valence-corrected chi connectivity index (χ4v) is 3.04. The number of nitro benzene ring substituents is 1. The maximum absolute atomic E-state index is 12.2. The Morgan fingerprint density at radius 2 is 2.05 bits per heavy atom. The zero-order valence-electron chi connectivity index (χ0n) is 10.8. The number of aromatic nitrogens is 2.